The second-order valence-electron chi connectivity index (χ2n) is 6.19. The minimum atomic E-state index is -4.91. The quantitative estimate of drug-likeness (QED) is 0.543. The lowest BCUT2D eigenvalue weighted by Crippen LogP contribution is -2.07. The number of hydrogen-bond donors (Lipinski definition) is 1. The summed E-state index contributed by atoms with van der Waals surface area (Å²) in [5.41, 5.74) is -1.41. The van der Waals surface area contributed by atoms with Gasteiger partial charge in [0.25, 0.3) is 0 Å². The first-order valence-electron chi connectivity index (χ1n) is 8.03. The van der Waals surface area contributed by atoms with Crippen LogP contribution in [0.3, 0.4) is 0 Å². The van der Waals surface area contributed by atoms with E-state index in [9.17, 15) is 30.4 Å². The van der Waals surface area contributed by atoms with Crippen LogP contribution in [0.5, 0.6) is 5.75 Å². The van der Waals surface area contributed by atoms with Gasteiger partial charge in [-0.25, -0.2) is 22.2 Å². The van der Waals surface area contributed by atoms with Crippen molar-refractivity contribution in [3.8, 4) is 28.3 Å². The highest BCUT2D eigenvalue weighted by molar-refractivity contribution is 7.90. The largest absolute Gasteiger partial charge is 0.495 e. The number of nitrogens with one attached hydrogen (secondary N) is 1. The van der Waals surface area contributed by atoms with E-state index in [0.717, 1.165) is 0 Å². The van der Waals surface area contributed by atoms with E-state index in [2.05, 4.69) is 4.98 Å². The molecule has 0 unspecified atom stereocenters. The summed E-state index contributed by atoms with van der Waals surface area (Å²) in [5, 5.41) is 0.170. The normalized spacial score (nSPS) is 12.3. The molecule has 0 bridgehead atoms. The van der Waals surface area contributed by atoms with Crippen molar-refractivity contribution >= 4 is 21.4 Å². The Hall–Kier alpha value is -2.66. The Morgan fingerprint density at radius 1 is 1.10 bits per heavy atom. The van der Waals surface area contributed by atoms with Crippen LogP contribution in [0.1, 0.15) is 5.82 Å². The Morgan fingerprint density at radius 3 is 2.33 bits per heavy atom. The topological polar surface area (TPSA) is 72.0 Å². The van der Waals surface area contributed by atoms with Crippen molar-refractivity contribution in [3.05, 3.63) is 52.8 Å². The number of sulfone groups is 1. The van der Waals surface area contributed by atoms with Gasteiger partial charge in [0, 0.05) is 17.4 Å². The monoisotopic (exact) mass is 466 g/mol. The number of H-pyrrole nitrogens is 1. The molecule has 2 aromatic carbocycles. The Kier molecular flexibility index (Phi) is 5.54. The first-order valence-corrected chi connectivity index (χ1v) is 10.3. The van der Waals surface area contributed by atoms with Crippen molar-refractivity contribution in [2.75, 3.05) is 13.4 Å². The molecule has 0 fully saturated rings. The number of aromatic amines is 1. The zero-order valence-electron chi connectivity index (χ0n) is 15.2. The molecule has 0 aliphatic heterocycles. The summed E-state index contributed by atoms with van der Waals surface area (Å²) >= 11 is 5.92. The van der Waals surface area contributed by atoms with Gasteiger partial charge in [0.1, 0.15) is 22.3 Å². The van der Waals surface area contributed by atoms with Gasteiger partial charge in [0.15, 0.2) is 9.84 Å². The number of hydrogen-bond acceptors (Lipinski definition) is 4. The Labute approximate surface area is 172 Å². The van der Waals surface area contributed by atoms with Crippen molar-refractivity contribution < 1.29 is 35.1 Å². The average molecular weight is 467 g/mol. The first kappa shape index (κ1) is 22.0. The zero-order chi connectivity index (χ0) is 22.4. The number of methoxy groups -OCH3 is 1. The van der Waals surface area contributed by atoms with Crippen molar-refractivity contribution in [3.63, 3.8) is 0 Å². The van der Waals surface area contributed by atoms with Gasteiger partial charge in [-0.2, -0.15) is 13.2 Å². The smallest absolute Gasteiger partial charge is 0.449 e. The molecule has 0 radical (unpaired) electrons. The lowest BCUT2D eigenvalue weighted by atomic mass is 10.0. The van der Waals surface area contributed by atoms with Crippen molar-refractivity contribution in [2.45, 2.75) is 11.1 Å². The predicted molar refractivity (Wildman–Crippen MR) is 99.0 cm³/mol. The number of halogens is 6. The molecule has 0 atom stereocenters. The van der Waals surface area contributed by atoms with Crippen LogP contribution in [0.15, 0.2) is 35.2 Å². The third-order valence-electron chi connectivity index (χ3n) is 4.09. The van der Waals surface area contributed by atoms with E-state index >= 15 is 0 Å². The summed E-state index contributed by atoms with van der Waals surface area (Å²) in [4.78, 5) is 4.52. The molecule has 12 heteroatoms. The van der Waals surface area contributed by atoms with Crippen LogP contribution in [-0.2, 0) is 16.0 Å². The zero-order valence-corrected chi connectivity index (χ0v) is 16.8. The Balaban J connectivity index is 2.30. The van der Waals surface area contributed by atoms with Gasteiger partial charge in [-0.1, -0.05) is 17.7 Å². The van der Waals surface area contributed by atoms with Gasteiger partial charge in [0.2, 0.25) is 5.82 Å². The third-order valence-corrected chi connectivity index (χ3v) is 5.51. The van der Waals surface area contributed by atoms with E-state index in [1.54, 1.807) is 0 Å². The Morgan fingerprint density at radius 2 is 1.77 bits per heavy atom. The van der Waals surface area contributed by atoms with Crippen LogP contribution in [0.2, 0.25) is 5.02 Å². The van der Waals surface area contributed by atoms with Crippen LogP contribution in [0.4, 0.5) is 22.0 Å². The van der Waals surface area contributed by atoms with E-state index in [0.29, 0.717) is 18.4 Å². The molecule has 3 rings (SSSR count). The highest BCUT2D eigenvalue weighted by Gasteiger charge is 2.37. The van der Waals surface area contributed by atoms with E-state index in [-0.39, 0.29) is 22.0 Å². The van der Waals surface area contributed by atoms with Gasteiger partial charge in [-0.05, 0) is 24.3 Å². The van der Waals surface area contributed by atoms with Gasteiger partial charge in [-0.15, -0.1) is 0 Å². The molecule has 1 N–H and O–H groups in total. The molecule has 1 heterocycles. The molecule has 0 aliphatic rings. The van der Waals surface area contributed by atoms with Gasteiger partial charge >= 0.3 is 6.18 Å². The molecule has 30 heavy (non-hydrogen) atoms. The molecular formula is C18H12ClF5N2O3S. The molecule has 0 saturated carbocycles. The van der Waals surface area contributed by atoms with E-state index in [1.165, 1.54) is 25.3 Å². The molecule has 0 spiro atoms. The van der Waals surface area contributed by atoms with E-state index in [1.807, 2.05) is 4.98 Å². The minimum Gasteiger partial charge on any atom is -0.495 e. The van der Waals surface area contributed by atoms with Crippen molar-refractivity contribution in [1.29, 1.82) is 0 Å². The van der Waals surface area contributed by atoms with E-state index in [4.69, 9.17) is 16.3 Å². The Bertz CT molecular complexity index is 1240. The summed E-state index contributed by atoms with van der Waals surface area (Å²) in [6.07, 6.45) is -4.24. The van der Waals surface area contributed by atoms with Crippen molar-refractivity contribution in [2.24, 2.45) is 0 Å². The molecule has 160 valence electrons. The van der Waals surface area contributed by atoms with Crippen LogP contribution in [0, 0.1) is 11.6 Å². The lowest BCUT2D eigenvalue weighted by Gasteiger charge is -2.09. The minimum absolute atomic E-state index is 0.0741. The maximum Gasteiger partial charge on any atom is 0.449 e. The number of imidazole rings is 1. The predicted octanol–water partition coefficient (Wildman–Crippen LogP) is 5.11. The fraction of sp³-hybridized carbons (Fsp3) is 0.167. The molecule has 1 aromatic heterocycles. The summed E-state index contributed by atoms with van der Waals surface area (Å²) < 4.78 is 96.9. The molecule has 0 amide bonds. The summed E-state index contributed by atoms with van der Waals surface area (Å²) in [6.45, 7) is 0. The van der Waals surface area contributed by atoms with Crippen LogP contribution < -0.4 is 4.74 Å². The molecular weight excluding hydrogens is 455 g/mol. The molecule has 0 saturated heterocycles. The van der Waals surface area contributed by atoms with Gasteiger partial charge < -0.3 is 9.72 Å². The highest BCUT2D eigenvalue weighted by Crippen LogP contribution is 2.39. The maximum absolute atomic E-state index is 14.7. The van der Waals surface area contributed by atoms with Crippen LogP contribution in [-0.4, -0.2) is 31.8 Å². The van der Waals surface area contributed by atoms with E-state index < -0.39 is 49.6 Å². The van der Waals surface area contributed by atoms with Crippen molar-refractivity contribution in [1.82, 2.24) is 9.97 Å². The third kappa shape index (κ3) is 4.12. The molecule has 3 aromatic rings. The number of alkyl halides is 3. The number of aromatic nitrogens is 2. The highest BCUT2D eigenvalue weighted by atomic mass is 35.5. The summed E-state index contributed by atoms with van der Waals surface area (Å²) in [6, 6.07) is 4.84. The fourth-order valence-electron chi connectivity index (χ4n) is 2.72. The summed E-state index contributed by atoms with van der Waals surface area (Å²) in [5.74, 6) is -3.91. The number of rotatable bonds is 4. The van der Waals surface area contributed by atoms with Crippen LogP contribution in [0.25, 0.3) is 22.5 Å². The first-order chi connectivity index (χ1) is 13.8. The van der Waals surface area contributed by atoms with Gasteiger partial charge in [-0.3, -0.25) is 0 Å². The fourth-order valence-corrected chi connectivity index (χ4v) is 3.65. The summed E-state index contributed by atoms with van der Waals surface area (Å²) in [7, 11) is -2.81. The van der Waals surface area contributed by atoms with Gasteiger partial charge in [0.05, 0.1) is 23.5 Å². The standard InChI is InChI=1S/C18H12ClF5N2O3S/c1-29-13-5-8(3-4-10(13)19)15-16(26-17(25-15)18(22,23)24)9-6-12(21)14(7-11(9)20)30(2,27)28/h3-7H,1-2H3,(H,25,26). The maximum atomic E-state index is 14.7. The number of nitrogens with zero attached hydrogens (tertiary/aromatic N) is 1. The van der Waals surface area contributed by atoms with Crippen LogP contribution >= 0.6 is 11.6 Å². The average Bonchev–Trinajstić information content (AvgIpc) is 3.08. The second-order valence-corrected chi connectivity index (χ2v) is 8.58. The lowest BCUT2D eigenvalue weighted by molar-refractivity contribution is -0.144. The number of benzene rings is 2. The second kappa shape index (κ2) is 7.55. The number of ether oxygens (including phenoxy) is 1. The SMILES string of the molecule is COc1cc(-c2nc(C(F)(F)F)[nH]c2-c2cc(F)c(S(C)(=O)=O)cc2F)ccc1Cl. The molecule has 0 aliphatic carbocycles. The molecule has 5 nitrogen and oxygen atoms in total.